The lowest BCUT2D eigenvalue weighted by Gasteiger charge is -2.20. The molecule has 1 aromatic rings. The summed E-state index contributed by atoms with van der Waals surface area (Å²) in [6.07, 6.45) is 4.76. The van der Waals surface area contributed by atoms with Crippen molar-refractivity contribution in [2.45, 2.75) is 33.2 Å². The van der Waals surface area contributed by atoms with E-state index in [0.717, 1.165) is 12.2 Å². The molecule has 16 heavy (non-hydrogen) atoms. The Morgan fingerprint density at radius 2 is 2.06 bits per heavy atom. The number of hydrogen-bond donors (Lipinski definition) is 1. The summed E-state index contributed by atoms with van der Waals surface area (Å²) in [5.41, 5.74) is 6.84. The molecule has 1 unspecified atom stereocenters. The Balaban J connectivity index is 1.86. The Morgan fingerprint density at radius 3 is 2.62 bits per heavy atom. The number of nitrogens with zero attached hydrogens (tertiary/aromatic N) is 3. The first kappa shape index (κ1) is 11.5. The van der Waals surface area contributed by atoms with Crippen molar-refractivity contribution in [1.82, 2.24) is 14.5 Å². The molecule has 0 aromatic carbocycles. The van der Waals surface area contributed by atoms with E-state index in [1.54, 1.807) is 0 Å². The van der Waals surface area contributed by atoms with Gasteiger partial charge in [-0.2, -0.15) is 0 Å². The van der Waals surface area contributed by atoms with Crippen molar-refractivity contribution in [3.8, 4) is 0 Å². The van der Waals surface area contributed by atoms with Gasteiger partial charge in [0, 0.05) is 19.3 Å². The van der Waals surface area contributed by atoms with Crippen LogP contribution in [0.15, 0.2) is 6.20 Å². The minimum absolute atomic E-state index is 0.633. The van der Waals surface area contributed by atoms with Crippen LogP contribution in [0.2, 0.25) is 0 Å². The van der Waals surface area contributed by atoms with Crippen LogP contribution in [-0.4, -0.2) is 34.1 Å². The fourth-order valence-corrected chi connectivity index (χ4v) is 2.51. The standard InChI is InChI=1S/C12H22N4/c1-10(7-15-5-3-4-6-15)8-16-9-11(2)14-12(16)13/h9-10H,3-8H2,1-2H3,(H2,13,14). The molecule has 1 fully saturated rings. The van der Waals surface area contributed by atoms with Crippen LogP contribution in [0.1, 0.15) is 25.5 Å². The SMILES string of the molecule is Cc1cn(CC(C)CN2CCCC2)c(N)n1. The Hall–Kier alpha value is -1.03. The van der Waals surface area contributed by atoms with Crippen molar-refractivity contribution in [2.75, 3.05) is 25.4 Å². The summed E-state index contributed by atoms with van der Waals surface area (Å²) < 4.78 is 2.07. The molecule has 1 aromatic heterocycles. The van der Waals surface area contributed by atoms with Gasteiger partial charge in [0.2, 0.25) is 0 Å². The van der Waals surface area contributed by atoms with E-state index in [1.807, 2.05) is 13.1 Å². The lowest BCUT2D eigenvalue weighted by atomic mass is 10.1. The van der Waals surface area contributed by atoms with Crippen LogP contribution >= 0.6 is 0 Å². The summed E-state index contributed by atoms with van der Waals surface area (Å²) >= 11 is 0. The van der Waals surface area contributed by atoms with E-state index in [-0.39, 0.29) is 0 Å². The maximum Gasteiger partial charge on any atom is 0.200 e. The van der Waals surface area contributed by atoms with Crippen molar-refractivity contribution < 1.29 is 0 Å². The second-order valence-corrected chi connectivity index (χ2v) is 5.01. The zero-order valence-corrected chi connectivity index (χ0v) is 10.3. The highest BCUT2D eigenvalue weighted by Crippen LogP contribution is 2.13. The molecule has 0 spiro atoms. The number of aryl methyl sites for hydroxylation is 1. The van der Waals surface area contributed by atoms with Gasteiger partial charge in [0.05, 0.1) is 5.69 Å². The first-order valence-electron chi connectivity index (χ1n) is 6.17. The molecule has 0 saturated carbocycles. The van der Waals surface area contributed by atoms with Crippen LogP contribution in [0.25, 0.3) is 0 Å². The maximum atomic E-state index is 5.84. The third-order valence-electron chi connectivity index (χ3n) is 3.20. The third kappa shape index (κ3) is 2.76. The van der Waals surface area contributed by atoms with Gasteiger partial charge in [-0.15, -0.1) is 0 Å². The molecule has 0 bridgehead atoms. The number of aromatic nitrogens is 2. The molecule has 2 rings (SSSR count). The van der Waals surface area contributed by atoms with Crippen LogP contribution in [-0.2, 0) is 6.54 Å². The fraction of sp³-hybridized carbons (Fsp3) is 0.750. The van der Waals surface area contributed by atoms with Gasteiger partial charge < -0.3 is 15.2 Å². The average Bonchev–Trinajstić information content (AvgIpc) is 2.78. The summed E-state index contributed by atoms with van der Waals surface area (Å²) in [4.78, 5) is 6.77. The molecule has 1 aliphatic rings. The second kappa shape index (κ2) is 4.87. The molecule has 1 saturated heterocycles. The number of anilines is 1. The van der Waals surface area contributed by atoms with Crippen molar-refractivity contribution in [2.24, 2.45) is 5.92 Å². The van der Waals surface area contributed by atoms with Gasteiger partial charge in [0.15, 0.2) is 5.95 Å². The molecule has 2 N–H and O–H groups in total. The van der Waals surface area contributed by atoms with Crippen LogP contribution < -0.4 is 5.73 Å². The van der Waals surface area contributed by atoms with Gasteiger partial charge in [0.25, 0.3) is 0 Å². The quantitative estimate of drug-likeness (QED) is 0.840. The van der Waals surface area contributed by atoms with Gasteiger partial charge >= 0.3 is 0 Å². The molecule has 90 valence electrons. The minimum Gasteiger partial charge on any atom is -0.369 e. The monoisotopic (exact) mass is 222 g/mol. The largest absolute Gasteiger partial charge is 0.369 e. The van der Waals surface area contributed by atoms with E-state index < -0.39 is 0 Å². The van der Waals surface area contributed by atoms with E-state index in [4.69, 9.17) is 5.73 Å². The van der Waals surface area contributed by atoms with Gasteiger partial charge in [-0.25, -0.2) is 4.98 Å². The predicted molar refractivity (Wildman–Crippen MR) is 66.2 cm³/mol. The fourth-order valence-electron chi connectivity index (χ4n) is 2.51. The number of likely N-dealkylation sites (tertiary alicyclic amines) is 1. The normalized spacial score (nSPS) is 19.1. The number of nitrogens with two attached hydrogens (primary N) is 1. The Kier molecular flexibility index (Phi) is 3.49. The van der Waals surface area contributed by atoms with Gasteiger partial charge in [0.1, 0.15) is 0 Å². The van der Waals surface area contributed by atoms with Crippen LogP contribution in [0, 0.1) is 12.8 Å². The van der Waals surface area contributed by atoms with Crippen LogP contribution in [0.5, 0.6) is 0 Å². The predicted octanol–water partition coefficient (Wildman–Crippen LogP) is 1.51. The molecule has 0 aliphatic carbocycles. The summed E-state index contributed by atoms with van der Waals surface area (Å²) in [7, 11) is 0. The highest BCUT2D eigenvalue weighted by molar-refractivity contribution is 5.21. The molecule has 0 radical (unpaired) electrons. The summed E-state index contributed by atoms with van der Waals surface area (Å²) in [6, 6.07) is 0. The van der Waals surface area contributed by atoms with Crippen LogP contribution in [0.4, 0.5) is 5.95 Å². The van der Waals surface area contributed by atoms with Gasteiger partial charge in [-0.05, 0) is 38.8 Å². The summed E-state index contributed by atoms with van der Waals surface area (Å²) in [6.45, 7) is 8.95. The molecule has 1 atom stereocenters. The van der Waals surface area contributed by atoms with E-state index >= 15 is 0 Å². The van der Waals surface area contributed by atoms with E-state index in [1.165, 1.54) is 32.5 Å². The lowest BCUT2D eigenvalue weighted by molar-refractivity contribution is 0.272. The van der Waals surface area contributed by atoms with Crippen LogP contribution in [0.3, 0.4) is 0 Å². The van der Waals surface area contributed by atoms with Crippen molar-refractivity contribution >= 4 is 5.95 Å². The Labute approximate surface area is 97.4 Å². The topological polar surface area (TPSA) is 47.1 Å². The smallest absolute Gasteiger partial charge is 0.200 e. The second-order valence-electron chi connectivity index (χ2n) is 5.01. The van der Waals surface area contributed by atoms with Gasteiger partial charge in [-0.3, -0.25) is 0 Å². The minimum atomic E-state index is 0.633. The Bertz CT molecular complexity index is 339. The van der Waals surface area contributed by atoms with Gasteiger partial charge in [-0.1, -0.05) is 6.92 Å². The molecule has 4 heteroatoms. The van der Waals surface area contributed by atoms with Crippen molar-refractivity contribution in [3.63, 3.8) is 0 Å². The number of imidazole rings is 1. The zero-order chi connectivity index (χ0) is 11.5. The van der Waals surface area contributed by atoms with E-state index in [2.05, 4.69) is 21.4 Å². The van der Waals surface area contributed by atoms with Crippen molar-refractivity contribution in [3.05, 3.63) is 11.9 Å². The van der Waals surface area contributed by atoms with E-state index in [9.17, 15) is 0 Å². The molecular formula is C12H22N4. The first-order valence-corrected chi connectivity index (χ1v) is 6.17. The molecule has 1 aliphatic heterocycles. The molecular weight excluding hydrogens is 200 g/mol. The summed E-state index contributed by atoms with van der Waals surface area (Å²) in [5, 5.41) is 0. The molecule has 4 nitrogen and oxygen atoms in total. The van der Waals surface area contributed by atoms with E-state index in [0.29, 0.717) is 11.9 Å². The first-order chi connectivity index (χ1) is 7.65. The molecule has 0 amide bonds. The van der Waals surface area contributed by atoms with Crippen molar-refractivity contribution in [1.29, 1.82) is 0 Å². The number of rotatable bonds is 4. The maximum absolute atomic E-state index is 5.84. The lowest BCUT2D eigenvalue weighted by Crippen LogP contribution is -2.27. The number of nitrogen functional groups attached to an aromatic ring is 1. The third-order valence-corrected chi connectivity index (χ3v) is 3.20. The Morgan fingerprint density at radius 1 is 1.38 bits per heavy atom. The summed E-state index contributed by atoms with van der Waals surface area (Å²) in [5.74, 6) is 1.28. The molecule has 2 heterocycles. The average molecular weight is 222 g/mol. The highest BCUT2D eigenvalue weighted by Gasteiger charge is 2.15. The highest BCUT2D eigenvalue weighted by atomic mass is 15.2. The number of hydrogen-bond acceptors (Lipinski definition) is 3. The zero-order valence-electron chi connectivity index (χ0n) is 10.3.